The first-order chi connectivity index (χ1) is 8.56. The van der Waals surface area contributed by atoms with Gasteiger partial charge in [-0.15, -0.1) is 0 Å². The van der Waals surface area contributed by atoms with Gasteiger partial charge in [-0.1, -0.05) is 38.4 Å². The van der Waals surface area contributed by atoms with Crippen LogP contribution in [-0.2, 0) is 6.54 Å². The Bertz CT molecular complexity index is 455. The highest BCUT2D eigenvalue weighted by atomic mass is 79.9. The molecule has 1 aromatic carbocycles. The highest BCUT2D eigenvalue weighted by Crippen LogP contribution is 2.29. The van der Waals surface area contributed by atoms with E-state index in [4.69, 9.17) is 4.74 Å². The van der Waals surface area contributed by atoms with Crippen molar-refractivity contribution in [1.82, 2.24) is 5.32 Å². The Morgan fingerprint density at radius 3 is 2.83 bits per heavy atom. The standard InChI is InChI=1S/C14H17Br2NO/c1-9-5-12(16)6-11(7-17-13-3-4-13)14(9)18-8-10(2)15/h5-6,13,17H,2-4,7-8H2,1H3. The minimum atomic E-state index is 0.499. The minimum absolute atomic E-state index is 0.499. The molecule has 2 rings (SSSR count). The van der Waals surface area contributed by atoms with E-state index in [-0.39, 0.29) is 0 Å². The van der Waals surface area contributed by atoms with Crippen LogP contribution in [0, 0.1) is 6.92 Å². The quantitative estimate of drug-likeness (QED) is 0.801. The topological polar surface area (TPSA) is 21.3 Å². The van der Waals surface area contributed by atoms with Crippen molar-refractivity contribution < 1.29 is 4.74 Å². The molecule has 1 N–H and O–H groups in total. The van der Waals surface area contributed by atoms with Gasteiger partial charge in [-0.25, -0.2) is 0 Å². The van der Waals surface area contributed by atoms with Crippen LogP contribution in [0.4, 0.5) is 0 Å². The molecule has 4 heteroatoms. The van der Waals surface area contributed by atoms with Crippen LogP contribution in [-0.4, -0.2) is 12.6 Å². The molecule has 0 radical (unpaired) electrons. The monoisotopic (exact) mass is 373 g/mol. The molecule has 1 aliphatic carbocycles. The van der Waals surface area contributed by atoms with Gasteiger partial charge >= 0.3 is 0 Å². The smallest absolute Gasteiger partial charge is 0.127 e. The summed E-state index contributed by atoms with van der Waals surface area (Å²) in [5.74, 6) is 0.965. The van der Waals surface area contributed by atoms with Crippen molar-refractivity contribution in [3.63, 3.8) is 0 Å². The first-order valence-electron chi connectivity index (χ1n) is 6.04. The van der Waals surface area contributed by atoms with E-state index in [1.54, 1.807) is 0 Å². The zero-order valence-corrected chi connectivity index (χ0v) is 13.6. The van der Waals surface area contributed by atoms with Crippen LogP contribution >= 0.6 is 31.9 Å². The van der Waals surface area contributed by atoms with Crippen LogP contribution in [0.1, 0.15) is 24.0 Å². The molecule has 0 heterocycles. The molecule has 0 unspecified atom stereocenters. The Hall–Kier alpha value is -0.320. The number of ether oxygens (including phenoxy) is 1. The third kappa shape index (κ3) is 4.11. The van der Waals surface area contributed by atoms with Gasteiger partial charge in [-0.05, 0) is 37.5 Å². The van der Waals surface area contributed by atoms with E-state index in [0.29, 0.717) is 12.6 Å². The van der Waals surface area contributed by atoms with Gasteiger partial charge in [0.05, 0.1) is 0 Å². The molecule has 1 saturated carbocycles. The highest BCUT2D eigenvalue weighted by Gasteiger charge is 2.21. The Balaban J connectivity index is 2.13. The molecule has 0 bridgehead atoms. The van der Waals surface area contributed by atoms with Crippen molar-refractivity contribution in [1.29, 1.82) is 0 Å². The van der Waals surface area contributed by atoms with Crippen molar-refractivity contribution >= 4 is 31.9 Å². The molecule has 98 valence electrons. The first-order valence-corrected chi connectivity index (χ1v) is 7.63. The Morgan fingerprint density at radius 2 is 2.22 bits per heavy atom. The van der Waals surface area contributed by atoms with Gasteiger partial charge in [0.15, 0.2) is 0 Å². The van der Waals surface area contributed by atoms with Crippen molar-refractivity contribution in [2.45, 2.75) is 32.4 Å². The van der Waals surface area contributed by atoms with E-state index in [2.05, 4.69) is 62.8 Å². The van der Waals surface area contributed by atoms with E-state index >= 15 is 0 Å². The minimum Gasteiger partial charge on any atom is -0.488 e. The van der Waals surface area contributed by atoms with Crippen LogP contribution in [0.25, 0.3) is 0 Å². The van der Waals surface area contributed by atoms with Crippen LogP contribution < -0.4 is 10.1 Å². The summed E-state index contributed by atoms with van der Waals surface area (Å²) >= 11 is 6.86. The fourth-order valence-corrected chi connectivity index (χ4v) is 2.56. The number of hydrogen-bond donors (Lipinski definition) is 1. The second kappa shape index (κ2) is 6.22. The maximum atomic E-state index is 5.83. The average Bonchev–Trinajstić information content (AvgIpc) is 3.08. The predicted octanol–water partition coefficient (Wildman–Crippen LogP) is 4.30. The second-order valence-corrected chi connectivity index (χ2v) is 6.71. The van der Waals surface area contributed by atoms with Gasteiger partial charge in [0.25, 0.3) is 0 Å². The van der Waals surface area contributed by atoms with Gasteiger partial charge in [0.2, 0.25) is 0 Å². The highest BCUT2D eigenvalue weighted by molar-refractivity contribution is 9.11. The van der Waals surface area contributed by atoms with Crippen molar-refractivity contribution in [2.75, 3.05) is 6.61 Å². The normalized spacial score (nSPS) is 14.6. The molecule has 1 aromatic rings. The number of halogens is 2. The lowest BCUT2D eigenvalue weighted by atomic mass is 10.1. The van der Waals surface area contributed by atoms with E-state index in [9.17, 15) is 0 Å². The average molecular weight is 375 g/mol. The summed E-state index contributed by atoms with van der Waals surface area (Å²) in [6.07, 6.45) is 2.59. The molecule has 1 fully saturated rings. The van der Waals surface area contributed by atoms with Crippen LogP contribution in [0.5, 0.6) is 5.75 Å². The van der Waals surface area contributed by atoms with Crippen molar-refractivity contribution in [3.8, 4) is 5.75 Å². The third-order valence-corrected chi connectivity index (χ3v) is 3.53. The summed E-state index contributed by atoms with van der Waals surface area (Å²) in [7, 11) is 0. The number of benzene rings is 1. The summed E-state index contributed by atoms with van der Waals surface area (Å²) in [5, 5.41) is 3.52. The summed E-state index contributed by atoms with van der Waals surface area (Å²) in [5.41, 5.74) is 2.34. The lowest BCUT2D eigenvalue weighted by Crippen LogP contribution is -2.16. The summed E-state index contributed by atoms with van der Waals surface area (Å²) in [6.45, 7) is 7.22. The van der Waals surface area contributed by atoms with E-state index in [1.807, 2.05) is 0 Å². The molecule has 0 atom stereocenters. The van der Waals surface area contributed by atoms with E-state index < -0.39 is 0 Å². The molecule has 0 aliphatic heterocycles. The zero-order valence-electron chi connectivity index (χ0n) is 10.4. The zero-order chi connectivity index (χ0) is 13.1. The Labute approximate surface area is 125 Å². The van der Waals surface area contributed by atoms with Gasteiger partial charge in [-0.2, -0.15) is 0 Å². The maximum Gasteiger partial charge on any atom is 0.127 e. The lowest BCUT2D eigenvalue weighted by molar-refractivity contribution is 0.353. The van der Waals surface area contributed by atoms with E-state index in [1.165, 1.54) is 18.4 Å². The van der Waals surface area contributed by atoms with Gasteiger partial charge in [0, 0.05) is 27.1 Å². The van der Waals surface area contributed by atoms with Crippen LogP contribution in [0.2, 0.25) is 0 Å². The molecule has 0 aromatic heterocycles. The SMILES string of the molecule is C=C(Br)COc1c(C)cc(Br)cc1CNC1CC1. The van der Waals surface area contributed by atoms with E-state index in [0.717, 1.165) is 26.8 Å². The molecule has 0 saturated heterocycles. The molecular formula is C14H17Br2NO. The molecular weight excluding hydrogens is 358 g/mol. The largest absolute Gasteiger partial charge is 0.488 e. The van der Waals surface area contributed by atoms with Crippen LogP contribution in [0.3, 0.4) is 0 Å². The van der Waals surface area contributed by atoms with Gasteiger partial charge in [-0.3, -0.25) is 0 Å². The summed E-state index contributed by atoms with van der Waals surface area (Å²) < 4.78 is 7.78. The third-order valence-electron chi connectivity index (χ3n) is 2.85. The van der Waals surface area contributed by atoms with Crippen LogP contribution in [0.15, 0.2) is 27.7 Å². The first kappa shape index (κ1) is 14.1. The number of nitrogens with one attached hydrogen (secondary N) is 1. The van der Waals surface area contributed by atoms with Gasteiger partial charge in [0.1, 0.15) is 12.4 Å². The lowest BCUT2D eigenvalue weighted by Gasteiger charge is -2.15. The fourth-order valence-electron chi connectivity index (χ4n) is 1.83. The molecule has 1 aliphatic rings. The number of hydrogen-bond acceptors (Lipinski definition) is 2. The second-order valence-electron chi connectivity index (χ2n) is 4.67. The summed E-state index contributed by atoms with van der Waals surface area (Å²) in [4.78, 5) is 0. The fraction of sp³-hybridized carbons (Fsp3) is 0.429. The molecule has 18 heavy (non-hydrogen) atoms. The number of rotatable bonds is 6. The molecule has 0 spiro atoms. The van der Waals surface area contributed by atoms with Crippen molar-refractivity contribution in [3.05, 3.63) is 38.8 Å². The Kier molecular flexibility index (Phi) is 4.87. The maximum absolute atomic E-state index is 5.83. The predicted molar refractivity (Wildman–Crippen MR) is 82.3 cm³/mol. The summed E-state index contributed by atoms with van der Waals surface area (Å²) in [6, 6.07) is 4.89. The van der Waals surface area contributed by atoms with Gasteiger partial charge < -0.3 is 10.1 Å². The molecule has 0 amide bonds. The molecule has 2 nitrogen and oxygen atoms in total. The Morgan fingerprint density at radius 1 is 1.50 bits per heavy atom. The number of aryl methyl sites for hydroxylation is 1. The van der Waals surface area contributed by atoms with Crippen molar-refractivity contribution in [2.24, 2.45) is 0 Å².